The molecular weight excluding hydrogens is 456 g/mol. The van der Waals surface area contributed by atoms with E-state index < -0.39 is 12.0 Å². The van der Waals surface area contributed by atoms with Crippen molar-refractivity contribution in [3.8, 4) is 0 Å². The van der Waals surface area contributed by atoms with Crippen molar-refractivity contribution >= 4 is 28.6 Å². The molecule has 2 aromatic heterocycles. The van der Waals surface area contributed by atoms with Crippen molar-refractivity contribution in [2.24, 2.45) is 13.0 Å². The fraction of sp³-hybridized carbons (Fsp3) is 0.481. The number of carbonyl (C=O) groups is 2. The Kier molecular flexibility index (Phi) is 7.18. The van der Waals surface area contributed by atoms with Crippen molar-refractivity contribution in [3.63, 3.8) is 0 Å². The number of benzene rings is 1. The Hall–Kier alpha value is -3.46. The molecular formula is C27H34N6O3. The minimum Gasteiger partial charge on any atom is -0.480 e. The van der Waals surface area contributed by atoms with E-state index in [9.17, 15) is 14.7 Å². The number of carboxylic acid groups (broad SMARTS) is 1. The fourth-order valence-corrected chi connectivity index (χ4v) is 5.43. The lowest BCUT2D eigenvalue weighted by atomic mass is 10.00. The standard InChI is InChI=1S/C27H34N6O3/c1-32-24-20(16-29-32)4-2-6-22(24)26(34)31-23(27(35)36)12-15-33-14-11-18(17-33)7-9-21-10-8-19-5-3-13-28-25(19)30-21/h2,4,6,8,10,16,18,23H,3,5,7,9,11-15,17H2,1H3,(H,28,30)(H,31,34)(H,35,36). The quantitative estimate of drug-likeness (QED) is 0.423. The van der Waals surface area contributed by atoms with E-state index in [0.29, 0.717) is 30.0 Å². The van der Waals surface area contributed by atoms with Crippen LogP contribution in [0, 0.1) is 5.92 Å². The van der Waals surface area contributed by atoms with Crippen LogP contribution in [0.5, 0.6) is 0 Å². The van der Waals surface area contributed by atoms with Crippen molar-refractivity contribution in [2.75, 3.05) is 31.5 Å². The zero-order valence-electron chi connectivity index (χ0n) is 20.7. The number of pyridine rings is 1. The number of aromatic nitrogens is 3. The molecule has 2 aliphatic rings. The highest BCUT2D eigenvalue weighted by atomic mass is 16.4. The molecule has 1 fully saturated rings. The number of fused-ring (bicyclic) bond motifs is 2. The van der Waals surface area contributed by atoms with Crippen LogP contribution in [0.25, 0.3) is 10.9 Å². The minimum absolute atomic E-state index is 0.368. The van der Waals surface area contributed by atoms with E-state index in [0.717, 1.165) is 62.2 Å². The van der Waals surface area contributed by atoms with Crippen LogP contribution in [0.1, 0.15) is 47.3 Å². The lowest BCUT2D eigenvalue weighted by molar-refractivity contribution is -0.139. The number of hydrogen-bond acceptors (Lipinski definition) is 6. The molecule has 1 aromatic carbocycles. The number of para-hydroxylation sites is 1. The highest BCUT2D eigenvalue weighted by Gasteiger charge is 2.27. The van der Waals surface area contributed by atoms with Gasteiger partial charge in [0.15, 0.2) is 0 Å². The summed E-state index contributed by atoms with van der Waals surface area (Å²) in [6.45, 7) is 3.55. The second-order valence-corrected chi connectivity index (χ2v) is 10.00. The number of hydrogen-bond donors (Lipinski definition) is 3. The third-order valence-electron chi connectivity index (χ3n) is 7.47. The van der Waals surface area contributed by atoms with E-state index in [1.54, 1.807) is 30.1 Å². The number of nitrogens with one attached hydrogen (secondary N) is 2. The molecule has 190 valence electrons. The van der Waals surface area contributed by atoms with Crippen LogP contribution in [-0.4, -0.2) is 68.9 Å². The van der Waals surface area contributed by atoms with Gasteiger partial charge >= 0.3 is 5.97 Å². The van der Waals surface area contributed by atoms with Crippen molar-refractivity contribution in [3.05, 3.63) is 53.3 Å². The first-order valence-electron chi connectivity index (χ1n) is 12.9. The first-order chi connectivity index (χ1) is 17.5. The zero-order valence-corrected chi connectivity index (χ0v) is 20.7. The molecule has 2 unspecified atom stereocenters. The summed E-state index contributed by atoms with van der Waals surface area (Å²) >= 11 is 0. The molecule has 2 atom stereocenters. The number of amides is 1. The molecule has 0 radical (unpaired) electrons. The molecule has 5 rings (SSSR count). The van der Waals surface area contributed by atoms with Gasteiger partial charge in [-0.1, -0.05) is 18.2 Å². The highest BCUT2D eigenvalue weighted by Crippen LogP contribution is 2.24. The van der Waals surface area contributed by atoms with Gasteiger partial charge in [-0.05, 0) is 68.7 Å². The number of nitrogens with zero attached hydrogens (tertiary/aromatic N) is 4. The van der Waals surface area contributed by atoms with Crippen LogP contribution in [0.3, 0.4) is 0 Å². The van der Waals surface area contributed by atoms with Gasteiger partial charge in [-0.15, -0.1) is 0 Å². The summed E-state index contributed by atoms with van der Waals surface area (Å²) in [5, 5.41) is 20.9. The molecule has 3 N–H and O–H groups in total. The van der Waals surface area contributed by atoms with E-state index in [2.05, 4.69) is 32.8 Å². The summed E-state index contributed by atoms with van der Waals surface area (Å²) in [5.74, 6) is 0.232. The molecule has 4 heterocycles. The topological polar surface area (TPSA) is 112 Å². The van der Waals surface area contributed by atoms with E-state index in [-0.39, 0.29) is 5.91 Å². The van der Waals surface area contributed by atoms with Gasteiger partial charge in [-0.3, -0.25) is 9.48 Å². The molecule has 3 aromatic rings. The second kappa shape index (κ2) is 10.7. The number of aliphatic carboxylic acids is 1. The van der Waals surface area contributed by atoms with Gasteiger partial charge in [0, 0.05) is 37.8 Å². The van der Waals surface area contributed by atoms with Gasteiger partial charge in [-0.2, -0.15) is 5.10 Å². The first kappa shape index (κ1) is 24.2. The van der Waals surface area contributed by atoms with Crippen LogP contribution in [0.2, 0.25) is 0 Å². The Balaban J connectivity index is 1.11. The predicted molar refractivity (Wildman–Crippen MR) is 138 cm³/mol. The Morgan fingerprint density at radius 3 is 3.03 bits per heavy atom. The zero-order chi connectivity index (χ0) is 25.1. The van der Waals surface area contributed by atoms with Crippen molar-refractivity contribution in [1.29, 1.82) is 0 Å². The molecule has 0 spiro atoms. The van der Waals surface area contributed by atoms with Crippen LogP contribution < -0.4 is 10.6 Å². The molecule has 9 nitrogen and oxygen atoms in total. The van der Waals surface area contributed by atoms with Gasteiger partial charge in [0.25, 0.3) is 5.91 Å². The van der Waals surface area contributed by atoms with Crippen molar-refractivity contribution < 1.29 is 14.7 Å². The van der Waals surface area contributed by atoms with Crippen LogP contribution >= 0.6 is 0 Å². The number of carboxylic acids is 1. The molecule has 36 heavy (non-hydrogen) atoms. The Morgan fingerprint density at radius 2 is 2.17 bits per heavy atom. The second-order valence-electron chi connectivity index (χ2n) is 10.00. The van der Waals surface area contributed by atoms with Crippen LogP contribution in [-0.2, 0) is 24.7 Å². The summed E-state index contributed by atoms with van der Waals surface area (Å²) in [6.07, 6.45) is 7.48. The fourth-order valence-electron chi connectivity index (χ4n) is 5.43. The smallest absolute Gasteiger partial charge is 0.326 e. The molecule has 0 bridgehead atoms. The third-order valence-corrected chi connectivity index (χ3v) is 7.47. The van der Waals surface area contributed by atoms with E-state index in [1.807, 2.05) is 6.07 Å². The average molecular weight is 491 g/mol. The Bertz CT molecular complexity index is 1260. The number of aryl methyl sites for hydroxylation is 3. The third kappa shape index (κ3) is 5.36. The molecule has 1 saturated heterocycles. The van der Waals surface area contributed by atoms with Gasteiger partial charge in [0.05, 0.1) is 17.3 Å². The molecule has 0 saturated carbocycles. The average Bonchev–Trinajstić information content (AvgIpc) is 3.51. The Morgan fingerprint density at radius 1 is 1.28 bits per heavy atom. The molecule has 0 aliphatic carbocycles. The van der Waals surface area contributed by atoms with Gasteiger partial charge in [0.2, 0.25) is 0 Å². The number of carbonyl (C=O) groups excluding carboxylic acids is 1. The maximum absolute atomic E-state index is 12.9. The summed E-state index contributed by atoms with van der Waals surface area (Å²) in [5.41, 5.74) is 3.59. The maximum atomic E-state index is 12.9. The van der Waals surface area contributed by atoms with Crippen molar-refractivity contribution in [2.45, 2.75) is 44.6 Å². The van der Waals surface area contributed by atoms with E-state index in [4.69, 9.17) is 4.98 Å². The van der Waals surface area contributed by atoms with Gasteiger partial charge < -0.3 is 20.6 Å². The number of rotatable bonds is 9. The summed E-state index contributed by atoms with van der Waals surface area (Å²) in [7, 11) is 1.77. The van der Waals surface area contributed by atoms with E-state index >= 15 is 0 Å². The lowest BCUT2D eigenvalue weighted by Gasteiger charge is -2.20. The number of anilines is 1. The Labute approximate surface area is 210 Å². The van der Waals surface area contributed by atoms with Crippen LogP contribution in [0.15, 0.2) is 36.5 Å². The molecule has 9 heteroatoms. The lowest BCUT2D eigenvalue weighted by Crippen LogP contribution is -2.43. The summed E-state index contributed by atoms with van der Waals surface area (Å²) in [6, 6.07) is 8.81. The van der Waals surface area contributed by atoms with Crippen LogP contribution in [0.4, 0.5) is 5.82 Å². The van der Waals surface area contributed by atoms with Gasteiger partial charge in [0.1, 0.15) is 11.9 Å². The largest absolute Gasteiger partial charge is 0.480 e. The summed E-state index contributed by atoms with van der Waals surface area (Å²) in [4.78, 5) is 32.0. The van der Waals surface area contributed by atoms with Gasteiger partial charge in [-0.25, -0.2) is 9.78 Å². The first-order valence-corrected chi connectivity index (χ1v) is 12.9. The number of likely N-dealkylation sites (tertiary alicyclic amines) is 1. The highest BCUT2D eigenvalue weighted by molar-refractivity contribution is 6.06. The SMILES string of the molecule is Cn1ncc2cccc(C(=O)NC(CCN3CCC(CCc4ccc5c(n4)NCCC5)C3)C(=O)O)c21. The molecule has 1 amide bonds. The predicted octanol–water partition coefficient (Wildman–Crippen LogP) is 2.85. The summed E-state index contributed by atoms with van der Waals surface area (Å²) < 4.78 is 1.64. The van der Waals surface area contributed by atoms with E-state index in [1.165, 1.54) is 12.0 Å². The molecule has 2 aliphatic heterocycles. The van der Waals surface area contributed by atoms with Crippen molar-refractivity contribution in [1.82, 2.24) is 25.0 Å². The normalized spacial score (nSPS) is 18.5. The minimum atomic E-state index is -1.01. The monoisotopic (exact) mass is 490 g/mol. The maximum Gasteiger partial charge on any atom is 0.326 e.